The average molecular weight is 168 g/mol. The van der Waals surface area contributed by atoms with Crippen molar-refractivity contribution in [1.29, 1.82) is 0 Å². The van der Waals surface area contributed by atoms with Crippen LogP contribution >= 0.6 is 0 Å². The fraction of sp³-hybridized carbons (Fsp3) is 0. The lowest BCUT2D eigenvalue weighted by molar-refractivity contribution is 0.229. The second kappa shape index (κ2) is 4.14. The van der Waals surface area contributed by atoms with E-state index in [0.29, 0.717) is 5.88 Å². The van der Waals surface area contributed by atoms with Crippen molar-refractivity contribution in [1.82, 2.24) is 10.9 Å². The number of hydrogen-bond donors (Lipinski definition) is 3. The van der Waals surface area contributed by atoms with Crippen LogP contribution in [0.5, 0.6) is 0 Å². The second-order valence-corrected chi connectivity index (χ2v) is 1.79. The van der Waals surface area contributed by atoms with Crippen LogP contribution in [0.1, 0.15) is 0 Å². The zero-order valence-corrected chi connectivity index (χ0v) is 6.19. The molecule has 0 radical (unpaired) electrons. The van der Waals surface area contributed by atoms with E-state index in [1.54, 1.807) is 17.6 Å². The van der Waals surface area contributed by atoms with E-state index < -0.39 is 0 Å². The highest BCUT2D eigenvalue weighted by molar-refractivity contribution is 5.80. The van der Waals surface area contributed by atoms with E-state index in [1.807, 2.05) is 0 Å². The molecule has 1 aromatic rings. The van der Waals surface area contributed by atoms with Gasteiger partial charge in [-0.2, -0.15) is 10.1 Å². The van der Waals surface area contributed by atoms with Gasteiger partial charge in [-0.15, -0.1) is 0 Å². The standard InChI is InChI=1S/C6H8N4O2/c1-7-9-6(10-11)8-5-3-2-4-12-5/h2-4,11H,1H2,(H2,8,9,10). The van der Waals surface area contributed by atoms with Crippen LogP contribution in [0.3, 0.4) is 0 Å². The number of nitrogens with zero attached hydrogens (tertiary/aromatic N) is 2. The first kappa shape index (κ1) is 8.28. The Labute approximate surface area is 68.6 Å². The minimum Gasteiger partial charge on any atom is -0.447 e. The molecule has 0 amide bonds. The molecule has 0 unspecified atom stereocenters. The molecule has 0 aliphatic rings. The lowest BCUT2D eigenvalue weighted by Gasteiger charge is -1.99. The second-order valence-electron chi connectivity index (χ2n) is 1.79. The molecule has 0 saturated carbocycles. The average Bonchev–Trinajstić information content (AvgIpc) is 2.56. The van der Waals surface area contributed by atoms with Crippen LogP contribution in [0.25, 0.3) is 0 Å². The molecule has 1 heterocycles. The fourth-order valence-corrected chi connectivity index (χ4v) is 0.594. The molecule has 1 rings (SSSR count). The number of guanidine groups is 1. The van der Waals surface area contributed by atoms with Crippen molar-refractivity contribution in [2.24, 2.45) is 10.1 Å². The van der Waals surface area contributed by atoms with E-state index in [0.717, 1.165) is 0 Å². The summed E-state index contributed by atoms with van der Waals surface area (Å²) >= 11 is 0. The number of hydrazone groups is 1. The molecule has 0 atom stereocenters. The summed E-state index contributed by atoms with van der Waals surface area (Å²) in [7, 11) is 0. The van der Waals surface area contributed by atoms with Gasteiger partial charge in [0.05, 0.1) is 6.26 Å². The third-order valence-electron chi connectivity index (χ3n) is 1.02. The van der Waals surface area contributed by atoms with Gasteiger partial charge in [-0.05, 0) is 6.07 Å². The molecule has 1 aromatic heterocycles. The van der Waals surface area contributed by atoms with Gasteiger partial charge < -0.3 is 4.42 Å². The lowest BCUT2D eigenvalue weighted by atomic mass is 10.6. The summed E-state index contributed by atoms with van der Waals surface area (Å²) in [4.78, 5) is 3.77. The lowest BCUT2D eigenvalue weighted by Crippen LogP contribution is -2.30. The molecule has 0 bridgehead atoms. The maximum absolute atomic E-state index is 8.48. The van der Waals surface area contributed by atoms with E-state index in [9.17, 15) is 0 Å². The van der Waals surface area contributed by atoms with Crippen molar-refractivity contribution < 1.29 is 9.62 Å². The zero-order valence-electron chi connectivity index (χ0n) is 6.19. The van der Waals surface area contributed by atoms with Gasteiger partial charge >= 0.3 is 0 Å². The van der Waals surface area contributed by atoms with Gasteiger partial charge in [0.15, 0.2) is 0 Å². The van der Waals surface area contributed by atoms with Crippen molar-refractivity contribution in [3.63, 3.8) is 0 Å². The number of hydroxylamine groups is 1. The first-order chi connectivity index (χ1) is 5.86. The van der Waals surface area contributed by atoms with Crippen LogP contribution in [0.2, 0.25) is 0 Å². The van der Waals surface area contributed by atoms with Crippen molar-refractivity contribution in [2.45, 2.75) is 0 Å². The Kier molecular flexibility index (Phi) is 2.86. The van der Waals surface area contributed by atoms with E-state index in [-0.39, 0.29) is 5.96 Å². The Balaban J connectivity index is 2.70. The predicted molar refractivity (Wildman–Crippen MR) is 43.4 cm³/mol. The van der Waals surface area contributed by atoms with Gasteiger partial charge in [-0.3, -0.25) is 5.21 Å². The molecule has 64 valence electrons. The van der Waals surface area contributed by atoms with Crippen molar-refractivity contribution in [2.75, 3.05) is 0 Å². The fourth-order valence-electron chi connectivity index (χ4n) is 0.594. The Morgan fingerprint density at radius 1 is 1.67 bits per heavy atom. The molecule has 0 aliphatic carbocycles. The zero-order chi connectivity index (χ0) is 8.81. The summed E-state index contributed by atoms with van der Waals surface area (Å²) in [5, 5.41) is 11.8. The summed E-state index contributed by atoms with van der Waals surface area (Å²) in [6, 6.07) is 3.30. The van der Waals surface area contributed by atoms with E-state index >= 15 is 0 Å². The maximum Gasteiger partial charge on any atom is 0.244 e. The summed E-state index contributed by atoms with van der Waals surface area (Å²) in [6.45, 7) is 3.15. The highest BCUT2D eigenvalue weighted by Crippen LogP contribution is 2.10. The molecule has 0 saturated heterocycles. The summed E-state index contributed by atoms with van der Waals surface area (Å²) in [6.07, 6.45) is 1.47. The van der Waals surface area contributed by atoms with Gasteiger partial charge in [0.1, 0.15) is 0 Å². The highest BCUT2D eigenvalue weighted by atomic mass is 16.5. The minimum atomic E-state index is 0.0416. The maximum atomic E-state index is 8.48. The van der Waals surface area contributed by atoms with Crippen LogP contribution in [-0.4, -0.2) is 17.9 Å². The quantitative estimate of drug-likeness (QED) is 0.340. The molecule has 0 aliphatic heterocycles. The Morgan fingerprint density at radius 2 is 2.50 bits per heavy atom. The molecule has 3 N–H and O–H groups in total. The van der Waals surface area contributed by atoms with Crippen molar-refractivity contribution in [3.05, 3.63) is 18.4 Å². The third-order valence-corrected chi connectivity index (χ3v) is 1.02. The van der Waals surface area contributed by atoms with Gasteiger partial charge in [0, 0.05) is 12.8 Å². The third kappa shape index (κ3) is 2.10. The van der Waals surface area contributed by atoms with E-state index in [2.05, 4.69) is 22.2 Å². The summed E-state index contributed by atoms with van der Waals surface area (Å²) in [5.41, 5.74) is 4.10. The number of rotatable bonds is 2. The minimum absolute atomic E-state index is 0.0416. The number of aliphatic imine (C=N–C) groups is 1. The largest absolute Gasteiger partial charge is 0.447 e. The first-order valence-corrected chi connectivity index (χ1v) is 3.11. The van der Waals surface area contributed by atoms with Crippen LogP contribution in [0.15, 0.2) is 32.9 Å². The topological polar surface area (TPSA) is 82.2 Å². The van der Waals surface area contributed by atoms with Crippen molar-refractivity contribution in [3.8, 4) is 0 Å². The number of furan rings is 1. The van der Waals surface area contributed by atoms with Gasteiger partial charge in [0.25, 0.3) is 0 Å². The molecule has 6 heteroatoms. The monoisotopic (exact) mass is 168 g/mol. The molecule has 0 aromatic carbocycles. The molecule has 0 spiro atoms. The Hall–Kier alpha value is -1.82. The molecular formula is C6H8N4O2. The summed E-state index contributed by atoms with van der Waals surface area (Å²) < 4.78 is 4.87. The summed E-state index contributed by atoms with van der Waals surface area (Å²) in [5.74, 6) is 0.391. The van der Waals surface area contributed by atoms with E-state index in [4.69, 9.17) is 9.62 Å². The van der Waals surface area contributed by atoms with Crippen LogP contribution < -0.4 is 10.9 Å². The first-order valence-electron chi connectivity index (χ1n) is 3.11. The van der Waals surface area contributed by atoms with Gasteiger partial charge in [-0.1, -0.05) is 0 Å². The molecular weight excluding hydrogens is 160 g/mol. The Bertz CT molecular complexity index is 267. The van der Waals surface area contributed by atoms with Gasteiger partial charge in [0.2, 0.25) is 11.8 Å². The molecule has 12 heavy (non-hydrogen) atoms. The van der Waals surface area contributed by atoms with Crippen LogP contribution in [0.4, 0.5) is 5.88 Å². The number of nitrogens with one attached hydrogen (secondary N) is 2. The Morgan fingerprint density at radius 3 is 3.00 bits per heavy atom. The number of hydrogen-bond acceptors (Lipinski definition) is 4. The van der Waals surface area contributed by atoms with Crippen LogP contribution in [0, 0.1) is 0 Å². The predicted octanol–water partition coefficient (Wildman–Crippen LogP) is 0.451. The molecule has 6 nitrogen and oxygen atoms in total. The van der Waals surface area contributed by atoms with Crippen LogP contribution in [-0.2, 0) is 0 Å². The van der Waals surface area contributed by atoms with E-state index in [1.165, 1.54) is 6.26 Å². The van der Waals surface area contributed by atoms with Gasteiger partial charge in [-0.25, -0.2) is 10.9 Å². The smallest absolute Gasteiger partial charge is 0.244 e. The normalized spacial score (nSPS) is 10.9. The SMILES string of the molecule is C=NNC(=Nc1ccco1)NO. The van der Waals surface area contributed by atoms with Crippen molar-refractivity contribution >= 4 is 18.6 Å². The highest BCUT2D eigenvalue weighted by Gasteiger charge is 1.95. The molecule has 0 fully saturated rings.